The Bertz CT molecular complexity index is 355. The number of unbranched alkanes of at least 4 members (excludes halogenated alkanes) is 4. The summed E-state index contributed by atoms with van der Waals surface area (Å²) in [6, 6.07) is 0. The fourth-order valence-electron chi connectivity index (χ4n) is 4.07. The molecule has 1 saturated carbocycles. The molecule has 5 nitrogen and oxygen atoms in total. The van der Waals surface area contributed by atoms with Gasteiger partial charge < -0.3 is 20.4 Å². The Balaban J connectivity index is 2.54. The number of carbonyl (C=O) groups is 1. The summed E-state index contributed by atoms with van der Waals surface area (Å²) in [7, 11) is 0. The highest BCUT2D eigenvalue weighted by molar-refractivity contribution is 5.66. The Morgan fingerprint density at radius 2 is 1.78 bits per heavy atom. The topological polar surface area (TPSA) is 98.0 Å². The Kier molecular flexibility index (Phi) is 8.51. The number of rotatable bonds is 11. The molecule has 0 aliphatic heterocycles. The van der Waals surface area contributed by atoms with Crippen LogP contribution in [-0.2, 0) is 4.79 Å². The van der Waals surface area contributed by atoms with Crippen molar-refractivity contribution in [1.29, 1.82) is 0 Å². The summed E-state index contributed by atoms with van der Waals surface area (Å²) in [4.78, 5) is 10.5. The lowest BCUT2D eigenvalue weighted by Crippen LogP contribution is -2.43. The summed E-state index contributed by atoms with van der Waals surface area (Å²) < 4.78 is 0. The fourth-order valence-corrected chi connectivity index (χ4v) is 4.07. The van der Waals surface area contributed by atoms with Crippen LogP contribution in [0.1, 0.15) is 78.1 Å². The largest absolute Gasteiger partial charge is 0.481 e. The van der Waals surface area contributed by atoms with Crippen LogP contribution in [0.25, 0.3) is 0 Å². The first kappa shape index (κ1) is 20.4. The molecular weight excluding hydrogens is 296 g/mol. The van der Waals surface area contributed by atoms with Gasteiger partial charge in [-0.2, -0.15) is 0 Å². The molecule has 0 aromatic rings. The highest BCUT2D eigenvalue weighted by atomic mass is 16.4. The molecule has 2 unspecified atom stereocenters. The number of hydrogen-bond acceptors (Lipinski definition) is 4. The van der Waals surface area contributed by atoms with E-state index in [-0.39, 0.29) is 18.3 Å². The quantitative estimate of drug-likeness (QED) is 0.437. The highest BCUT2D eigenvalue weighted by Crippen LogP contribution is 2.44. The molecule has 0 spiro atoms. The van der Waals surface area contributed by atoms with Gasteiger partial charge in [-0.3, -0.25) is 4.79 Å². The van der Waals surface area contributed by atoms with Crippen LogP contribution in [0.15, 0.2) is 0 Å². The number of carboxylic acid groups (broad SMARTS) is 1. The Morgan fingerprint density at radius 3 is 2.39 bits per heavy atom. The van der Waals surface area contributed by atoms with Crippen LogP contribution >= 0.6 is 0 Å². The van der Waals surface area contributed by atoms with Gasteiger partial charge in [0.05, 0.1) is 17.8 Å². The molecule has 136 valence electrons. The summed E-state index contributed by atoms with van der Waals surface area (Å²) in [5.74, 6) is -1.18. The maximum absolute atomic E-state index is 10.8. The van der Waals surface area contributed by atoms with Crippen molar-refractivity contribution in [2.24, 2.45) is 11.8 Å². The highest BCUT2D eigenvalue weighted by Gasteiger charge is 2.49. The van der Waals surface area contributed by atoms with Gasteiger partial charge in [0, 0.05) is 12.3 Å². The van der Waals surface area contributed by atoms with E-state index < -0.39 is 23.8 Å². The molecule has 0 aromatic heterocycles. The van der Waals surface area contributed by atoms with E-state index in [9.17, 15) is 20.1 Å². The second-order valence-corrected chi connectivity index (χ2v) is 7.37. The van der Waals surface area contributed by atoms with Gasteiger partial charge >= 0.3 is 5.97 Å². The number of carboxylic acids is 1. The zero-order valence-corrected chi connectivity index (χ0v) is 14.6. The molecule has 5 atom stereocenters. The number of aliphatic carboxylic acids is 1. The first-order valence-electron chi connectivity index (χ1n) is 9.10. The molecule has 0 amide bonds. The van der Waals surface area contributed by atoms with Crippen LogP contribution in [0.3, 0.4) is 0 Å². The Labute approximate surface area is 139 Å². The van der Waals surface area contributed by atoms with Crippen molar-refractivity contribution >= 4 is 5.97 Å². The molecule has 1 fully saturated rings. The van der Waals surface area contributed by atoms with Gasteiger partial charge in [0.25, 0.3) is 0 Å². The van der Waals surface area contributed by atoms with Gasteiger partial charge in [-0.1, -0.05) is 39.0 Å². The van der Waals surface area contributed by atoms with Crippen molar-refractivity contribution in [2.75, 3.05) is 0 Å². The first-order valence-corrected chi connectivity index (χ1v) is 9.10. The van der Waals surface area contributed by atoms with Crippen LogP contribution in [0.4, 0.5) is 0 Å². The van der Waals surface area contributed by atoms with Gasteiger partial charge in [0.15, 0.2) is 0 Å². The van der Waals surface area contributed by atoms with E-state index in [4.69, 9.17) is 5.11 Å². The van der Waals surface area contributed by atoms with Crippen molar-refractivity contribution in [2.45, 2.75) is 95.9 Å². The smallest absolute Gasteiger partial charge is 0.303 e. The Hall–Kier alpha value is -0.650. The average Bonchev–Trinajstić information content (AvgIpc) is 2.73. The fraction of sp³-hybridized carbons (Fsp3) is 0.944. The number of hydrogen-bond donors (Lipinski definition) is 4. The summed E-state index contributed by atoms with van der Waals surface area (Å²) >= 11 is 0. The third kappa shape index (κ3) is 6.40. The third-order valence-corrected chi connectivity index (χ3v) is 5.29. The molecule has 5 heteroatoms. The van der Waals surface area contributed by atoms with E-state index in [1.54, 1.807) is 6.92 Å². The molecule has 0 aromatic carbocycles. The molecule has 1 aliphatic carbocycles. The van der Waals surface area contributed by atoms with E-state index in [0.717, 1.165) is 38.5 Å². The monoisotopic (exact) mass is 330 g/mol. The molecule has 0 heterocycles. The summed E-state index contributed by atoms with van der Waals surface area (Å²) in [6.07, 6.45) is 5.96. The van der Waals surface area contributed by atoms with Gasteiger partial charge in [-0.25, -0.2) is 0 Å². The predicted molar refractivity (Wildman–Crippen MR) is 89.1 cm³/mol. The third-order valence-electron chi connectivity index (χ3n) is 5.29. The van der Waals surface area contributed by atoms with E-state index >= 15 is 0 Å². The first-order chi connectivity index (χ1) is 10.8. The molecule has 0 saturated heterocycles. The lowest BCUT2D eigenvalue weighted by Gasteiger charge is -2.37. The minimum atomic E-state index is -0.961. The van der Waals surface area contributed by atoms with E-state index in [1.807, 2.05) is 0 Å². The van der Waals surface area contributed by atoms with Gasteiger partial charge in [0.1, 0.15) is 0 Å². The normalized spacial score (nSPS) is 30.3. The van der Waals surface area contributed by atoms with Crippen molar-refractivity contribution in [1.82, 2.24) is 0 Å². The van der Waals surface area contributed by atoms with Crippen LogP contribution in [0, 0.1) is 11.8 Å². The average molecular weight is 330 g/mol. The lowest BCUT2D eigenvalue weighted by atomic mass is 9.75. The van der Waals surface area contributed by atoms with Gasteiger partial charge in [0.2, 0.25) is 0 Å². The predicted octanol–water partition coefficient (Wildman–Crippen LogP) is 2.71. The number of aliphatic hydroxyl groups is 3. The molecule has 1 rings (SSSR count). The van der Waals surface area contributed by atoms with Crippen molar-refractivity contribution in [3.8, 4) is 0 Å². The standard InChI is InChI=1S/C18H34O5/c1-3-4-8-11-18(2,23)17-13(14(19)12-15(17)20)9-6-5-7-10-16(21)22/h13-15,17,19-20,23H,3-12H2,1-2H3,(H,21,22)/t13-,14?,15+,17+,18?/m1/s1. The van der Waals surface area contributed by atoms with Gasteiger partial charge in [-0.05, 0) is 38.5 Å². The van der Waals surface area contributed by atoms with Crippen LogP contribution in [0.2, 0.25) is 0 Å². The van der Waals surface area contributed by atoms with Crippen molar-refractivity contribution < 1.29 is 25.2 Å². The summed E-state index contributed by atoms with van der Waals surface area (Å²) in [5.41, 5.74) is -0.961. The van der Waals surface area contributed by atoms with E-state index in [0.29, 0.717) is 19.3 Å². The van der Waals surface area contributed by atoms with E-state index in [2.05, 4.69) is 6.92 Å². The number of aliphatic hydroxyl groups excluding tert-OH is 2. The summed E-state index contributed by atoms with van der Waals surface area (Å²) in [5, 5.41) is 40.0. The molecule has 1 aliphatic rings. The molecular formula is C18H34O5. The second-order valence-electron chi connectivity index (χ2n) is 7.37. The zero-order chi connectivity index (χ0) is 17.5. The zero-order valence-electron chi connectivity index (χ0n) is 14.6. The molecule has 4 N–H and O–H groups in total. The molecule has 0 bridgehead atoms. The van der Waals surface area contributed by atoms with Crippen molar-refractivity contribution in [3.63, 3.8) is 0 Å². The minimum absolute atomic E-state index is 0.105. The van der Waals surface area contributed by atoms with Crippen LogP contribution in [0.5, 0.6) is 0 Å². The maximum Gasteiger partial charge on any atom is 0.303 e. The second kappa shape index (κ2) is 9.60. The van der Waals surface area contributed by atoms with E-state index in [1.165, 1.54) is 0 Å². The molecule has 0 radical (unpaired) electrons. The van der Waals surface area contributed by atoms with Crippen LogP contribution in [-0.4, -0.2) is 44.2 Å². The lowest BCUT2D eigenvalue weighted by molar-refractivity contribution is -0.137. The minimum Gasteiger partial charge on any atom is -0.481 e. The summed E-state index contributed by atoms with van der Waals surface area (Å²) in [6.45, 7) is 3.90. The Morgan fingerprint density at radius 1 is 1.09 bits per heavy atom. The SMILES string of the molecule is CCCCCC(C)(O)[C@H]1[C@H](CCCCCC(=O)O)C(O)C[C@@H]1O. The molecule has 23 heavy (non-hydrogen) atoms. The van der Waals surface area contributed by atoms with Gasteiger partial charge in [-0.15, -0.1) is 0 Å². The maximum atomic E-state index is 10.8. The van der Waals surface area contributed by atoms with Crippen molar-refractivity contribution in [3.05, 3.63) is 0 Å². The van der Waals surface area contributed by atoms with Crippen LogP contribution < -0.4 is 0 Å².